The number of carbonyl (C=O) groups excluding carboxylic acids is 1. The largest absolute Gasteiger partial charge is 0.481 e. The fraction of sp³-hybridized carbons (Fsp3) is 0.846. The molecule has 2 rings (SSSR count). The highest BCUT2D eigenvalue weighted by atomic mass is 32.2. The van der Waals surface area contributed by atoms with E-state index in [0.29, 0.717) is 25.8 Å². The standard InChI is InChI=1S/C13H21NO5S/c1-9-6-11(13(16)17)2-4-14(9)12(15)7-10-3-5-20(18,19)8-10/h9-11H,2-8H2,1H3,(H,16,17). The Kier molecular flexibility index (Phi) is 4.36. The number of piperidine rings is 1. The molecule has 0 spiro atoms. The average molecular weight is 303 g/mol. The van der Waals surface area contributed by atoms with Gasteiger partial charge < -0.3 is 10.0 Å². The first kappa shape index (κ1) is 15.3. The first-order valence-corrected chi connectivity index (χ1v) is 8.83. The van der Waals surface area contributed by atoms with Crippen LogP contribution in [0.5, 0.6) is 0 Å². The molecule has 3 unspecified atom stereocenters. The quantitative estimate of drug-likeness (QED) is 0.821. The molecule has 1 amide bonds. The van der Waals surface area contributed by atoms with Gasteiger partial charge in [-0.1, -0.05) is 0 Å². The van der Waals surface area contributed by atoms with E-state index in [9.17, 15) is 18.0 Å². The van der Waals surface area contributed by atoms with Crippen molar-refractivity contribution in [1.29, 1.82) is 0 Å². The Balaban J connectivity index is 1.89. The molecule has 0 radical (unpaired) electrons. The zero-order valence-corrected chi connectivity index (χ0v) is 12.4. The summed E-state index contributed by atoms with van der Waals surface area (Å²) in [7, 11) is -2.95. The molecule has 2 heterocycles. The van der Waals surface area contributed by atoms with E-state index < -0.39 is 15.8 Å². The fourth-order valence-electron chi connectivity index (χ4n) is 3.16. The number of likely N-dealkylation sites (tertiary alicyclic amines) is 1. The Labute approximate surface area is 119 Å². The third kappa shape index (κ3) is 3.50. The van der Waals surface area contributed by atoms with Crippen LogP contribution in [0.25, 0.3) is 0 Å². The van der Waals surface area contributed by atoms with E-state index in [0.717, 1.165) is 0 Å². The van der Waals surface area contributed by atoms with Crippen molar-refractivity contribution in [3.63, 3.8) is 0 Å². The van der Waals surface area contributed by atoms with Crippen LogP contribution in [-0.4, -0.2) is 54.4 Å². The molecule has 0 aromatic carbocycles. The number of hydrogen-bond acceptors (Lipinski definition) is 4. The van der Waals surface area contributed by atoms with Gasteiger partial charge in [0.2, 0.25) is 5.91 Å². The maximum atomic E-state index is 12.2. The second-order valence-electron chi connectivity index (χ2n) is 5.97. The van der Waals surface area contributed by atoms with Crippen LogP contribution in [0.15, 0.2) is 0 Å². The molecule has 2 aliphatic rings. The molecule has 20 heavy (non-hydrogen) atoms. The number of carboxylic acid groups (broad SMARTS) is 1. The lowest BCUT2D eigenvalue weighted by Crippen LogP contribution is -2.46. The smallest absolute Gasteiger partial charge is 0.306 e. The molecule has 114 valence electrons. The Hall–Kier alpha value is -1.11. The summed E-state index contributed by atoms with van der Waals surface area (Å²) in [5.74, 6) is -0.993. The Bertz CT molecular complexity index is 501. The summed E-state index contributed by atoms with van der Waals surface area (Å²) in [4.78, 5) is 24.9. The van der Waals surface area contributed by atoms with E-state index >= 15 is 0 Å². The van der Waals surface area contributed by atoms with Crippen LogP contribution >= 0.6 is 0 Å². The predicted molar refractivity (Wildman–Crippen MR) is 72.9 cm³/mol. The van der Waals surface area contributed by atoms with Crippen molar-refractivity contribution in [3.8, 4) is 0 Å². The van der Waals surface area contributed by atoms with Gasteiger partial charge in [0.15, 0.2) is 9.84 Å². The summed E-state index contributed by atoms with van der Waals surface area (Å²) >= 11 is 0. The molecular weight excluding hydrogens is 282 g/mol. The first-order chi connectivity index (χ1) is 9.28. The molecular formula is C13H21NO5S. The summed E-state index contributed by atoms with van der Waals surface area (Å²) in [6.07, 6.45) is 1.79. The van der Waals surface area contributed by atoms with Gasteiger partial charge in [0.25, 0.3) is 0 Å². The molecule has 0 aromatic heterocycles. The lowest BCUT2D eigenvalue weighted by Gasteiger charge is -2.36. The summed E-state index contributed by atoms with van der Waals surface area (Å²) < 4.78 is 22.8. The minimum absolute atomic E-state index is 0.0385. The topological polar surface area (TPSA) is 91.8 Å². The number of amides is 1. The van der Waals surface area contributed by atoms with Crippen molar-refractivity contribution >= 4 is 21.7 Å². The predicted octanol–water partition coefficient (Wildman–Crippen LogP) is 0.523. The highest BCUT2D eigenvalue weighted by Crippen LogP contribution is 2.27. The molecule has 7 heteroatoms. The lowest BCUT2D eigenvalue weighted by molar-refractivity contribution is -0.147. The number of sulfone groups is 1. The molecule has 1 N–H and O–H groups in total. The summed E-state index contributed by atoms with van der Waals surface area (Å²) in [6.45, 7) is 2.31. The van der Waals surface area contributed by atoms with Gasteiger partial charge in [0.1, 0.15) is 0 Å². The van der Waals surface area contributed by atoms with Crippen LogP contribution < -0.4 is 0 Å². The van der Waals surface area contributed by atoms with Gasteiger partial charge in [-0.15, -0.1) is 0 Å². The third-order valence-corrected chi connectivity index (χ3v) is 6.17. The average Bonchev–Trinajstić information content (AvgIpc) is 2.68. The summed E-state index contributed by atoms with van der Waals surface area (Å²) in [6, 6.07) is -0.0876. The van der Waals surface area contributed by atoms with Gasteiger partial charge >= 0.3 is 5.97 Å². The number of carbonyl (C=O) groups is 2. The second-order valence-corrected chi connectivity index (χ2v) is 8.20. The minimum atomic E-state index is -2.95. The summed E-state index contributed by atoms with van der Waals surface area (Å²) in [5, 5.41) is 9.00. The number of hydrogen-bond donors (Lipinski definition) is 1. The van der Waals surface area contributed by atoms with Gasteiger partial charge in [-0.05, 0) is 32.1 Å². The van der Waals surface area contributed by atoms with Gasteiger partial charge in [0.05, 0.1) is 17.4 Å². The fourth-order valence-corrected chi connectivity index (χ4v) is 5.03. The zero-order chi connectivity index (χ0) is 14.9. The molecule has 2 saturated heterocycles. The number of carboxylic acids is 1. The Morgan fingerprint density at radius 3 is 2.50 bits per heavy atom. The van der Waals surface area contributed by atoms with E-state index in [1.165, 1.54) is 0 Å². The lowest BCUT2D eigenvalue weighted by atomic mass is 9.91. The highest BCUT2D eigenvalue weighted by Gasteiger charge is 2.35. The van der Waals surface area contributed by atoms with Crippen LogP contribution in [0.2, 0.25) is 0 Å². The maximum Gasteiger partial charge on any atom is 0.306 e. The second kappa shape index (κ2) is 5.71. The Morgan fingerprint density at radius 2 is 2.00 bits per heavy atom. The normalized spacial score (nSPS) is 33.0. The van der Waals surface area contributed by atoms with Gasteiger partial charge in [-0.25, -0.2) is 8.42 Å². The molecule has 0 aliphatic carbocycles. The van der Waals surface area contributed by atoms with E-state index in [2.05, 4.69) is 0 Å². The van der Waals surface area contributed by atoms with Gasteiger partial charge in [-0.2, -0.15) is 0 Å². The van der Waals surface area contributed by atoms with Gasteiger partial charge in [0, 0.05) is 19.0 Å². The first-order valence-electron chi connectivity index (χ1n) is 7.01. The molecule has 0 aromatic rings. The van der Waals surface area contributed by atoms with Crippen molar-refractivity contribution < 1.29 is 23.1 Å². The van der Waals surface area contributed by atoms with Crippen molar-refractivity contribution in [3.05, 3.63) is 0 Å². The monoisotopic (exact) mass is 303 g/mol. The van der Waals surface area contributed by atoms with Crippen molar-refractivity contribution in [1.82, 2.24) is 4.90 Å². The third-order valence-electron chi connectivity index (χ3n) is 4.34. The number of aliphatic carboxylic acids is 1. The van der Waals surface area contributed by atoms with Crippen molar-refractivity contribution in [2.24, 2.45) is 11.8 Å². The van der Waals surface area contributed by atoms with Gasteiger partial charge in [-0.3, -0.25) is 9.59 Å². The molecule has 2 fully saturated rings. The SMILES string of the molecule is CC1CC(C(=O)O)CCN1C(=O)CC1CCS(=O)(=O)C1. The van der Waals surface area contributed by atoms with Crippen LogP contribution in [-0.2, 0) is 19.4 Å². The van der Waals surface area contributed by atoms with Crippen molar-refractivity contribution in [2.75, 3.05) is 18.1 Å². The van der Waals surface area contributed by atoms with E-state index in [1.54, 1.807) is 4.90 Å². The minimum Gasteiger partial charge on any atom is -0.481 e. The van der Waals surface area contributed by atoms with E-state index in [-0.39, 0.29) is 41.7 Å². The summed E-state index contributed by atoms with van der Waals surface area (Å²) in [5.41, 5.74) is 0. The van der Waals surface area contributed by atoms with Crippen molar-refractivity contribution in [2.45, 2.75) is 38.6 Å². The van der Waals surface area contributed by atoms with E-state index in [4.69, 9.17) is 5.11 Å². The van der Waals surface area contributed by atoms with Crippen LogP contribution in [0.3, 0.4) is 0 Å². The molecule has 3 atom stereocenters. The molecule has 6 nitrogen and oxygen atoms in total. The molecule has 0 saturated carbocycles. The number of rotatable bonds is 3. The Morgan fingerprint density at radius 1 is 1.30 bits per heavy atom. The van der Waals surface area contributed by atoms with Crippen LogP contribution in [0, 0.1) is 11.8 Å². The van der Waals surface area contributed by atoms with Crippen LogP contribution in [0.1, 0.15) is 32.6 Å². The highest BCUT2D eigenvalue weighted by molar-refractivity contribution is 7.91. The van der Waals surface area contributed by atoms with Crippen LogP contribution in [0.4, 0.5) is 0 Å². The molecule has 2 aliphatic heterocycles. The number of nitrogens with zero attached hydrogens (tertiary/aromatic N) is 1. The molecule has 0 bridgehead atoms. The zero-order valence-electron chi connectivity index (χ0n) is 11.6. The van der Waals surface area contributed by atoms with E-state index in [1.807, 2.05) is 6.92 Å². The maximum absolute atomic E-state index is 12.2.